The van der Waals surface area contributed by atoms with Crippen LogP contribution in [0.25, 0.3) is 10.6 Å². The third-order valence-corrected chi connectivity index (χ3v) is 3.47. The summed E-state index contributed by atoms with van der Waals surface area (Å²) in [5.74, 6) is 0. The van der Waals surface area contributed by atoms with E-state index in [1.807, 2.05) is 24.3 Å². The van der Waals surface area contributed by atoms with Gasteiger partial charge in [-0.1, -0.05) is 19.4 Å². The number of thiophene rings is 1. The molecular weight excluding hydrogens is 202 g/mol. The molecule has 0 atom stereocenters. The van der Waals surface area contributed by atoms with E-state index in [9.17, 15) is 0 Å². The second-order valence-corrected chi connectivity index (χ2v) is 4.85. The first-order chi connectivity index (χ1) is 7.29. The lowest BCUT2D eigenvalue weighted by molar-refractivity contribution is 0.940. The zero-order chi connectivity index (χ0) is 10.7. The van der Waals surface area contributed by atoms with Crippen molar-refractivity contribution >= 4 is 11.3 Å². The highest BCUT2D eigenvalue weighted by molar-refractivity contribution is 7.15. The van der Waals surface area contributed by atoms with Gasteiger partial charge in [-0.25, -0.2) is 0 Å². The average Bonchev–Trinajstić information content (AvgIpc) is 2.67. The third kappa shape index (κ3) is 2.45. The summed E-state index contributed by atoms with van der Waals surface area (Å²) in [5.41, 5.74) is 2.18. The number of nitrogens with zero attached hydrogens (tertiary/aromatic N) is 1. The Bertz CT molecular complexity index is 445. The van der Waals surface area contributed by atoms with Crippen molar-refractivity contribution in [3.63, 3.8) is 0 Å². The number of aryl methyl sites for hydroxylation is 2. The van der Waals surface area contributed by atoms with E-state index in [1.165, 1.54) is 22.6 Å². The molecule has 0 unspecified atom stereocenters. The third-order valence-electron chi connectivity index (χ3n) is 2.30. The summed E-state index contributed by atoms with van der Waals surface area (Å²) in [6.07, 6.45) is 2.39. The predicted molar refractivity (Wildman–Crippen MR) is 66.3 cm³/mol. The molecule has 0 aliphatic heterocycles. The summed E-state index contributed by atoms with van der Waals surface area (Å²) in [6, 6.07) is 10.6. The molecule has 0 aliphatic rings. The van der Waals surface area contributed by atoms with Crippen molar-refractivity contribution in [2.24, 2.45) is 0 Å². The monoisotopic (exact) mass is 217 g/mol. The molecule has 0 saturated carbocycles. The normalized spacial score (nSPS) is 10.5. The number of aromatic nitrogens is 1. The van der Waals surface area contributed by atoms with E-state index >= 15 is 0 Å². The smallest absolute Gasteiger partial charge is 0.0804 e. The summed E-state index contributed by atoms with van der Waals surface area (Å²) in [5, 5.41) is 0. The lowest BCUT2D eigenvalue weighted by atomic mass is 10.2. The Morgan fingerprint density at radius 1 is 1.20 bits per heavy atom. The van der Waals surface area contributed by atoms with Gasteiger partial charge in [0.1, 0.15) is 0 Å². The van der Waals surface area contributed by atoms with Crippen LogP contribution in [0.15, 0.2) is 30.3 Å². The zero-order valence-electron chi connectivity index (χ0n) is 9.16. The molecule has 0 radical (unpaired) electrons. The molecule has 0 N–H and O–H groups in total. The van der Waals surface area contributed by atoms with Gasteiger partial charge in [-0.15, -0.1) is 11.3 Å². The van der Waals surface area contributed by atoms with Gasteiger partial charge in [0.15, 0.2) is 0 Å². The van der Waals surface area contributed by atoms with Gasteiger partial charge in [-0.3, -0.25) is 4.98 Å². The molecule has 0 aliphatic carbocycles. The molecular formula is C13H15NS. The van der Waals surface area contributed by atoms with E-state index in [1.54, 1.807) is 0 Å². The molecule has 2 rings (SSSR count). The number of pyridine rings is 1. The van der Waals surface area contributed by atoms with Gasteiger partial charge in [0.2, 0.25) is 0 Å². The molecule has 0 saturated heterocycles. The molecule has 2 heteroatoms. The molecule has 0 amide bonds. The number of hydrogen-bond acceptors (Lipinski definition) is 2. The van der Waals surface area contributed by atoms with Gasteiger partial charge in [-0.05, 0) is 37.6 Å². The number of hydrogen-bond donors (Lipinski definition) is 0. The zero-order valence-corrected chi connectivity index (χ0v) is 9.97. The van der Waals surface area contributed by atoms with Crippen molar-refractivity contribution in [1.82, 2.24) is 4.98 Å². The van der Waals surface area contributed by atoms with Gasteiger partial charge in [-0.2, -0.15) is 0 Å². The minimum atomic E-state index is 1.08. The summed E-state index contributed by atoms with van der Waals surface area (Å²) in [7, 11) is 0. The lowest BCUT2D eigenvalue weighted by Gasteiger charge is -1.97. The van der Waals surface area contributed by atoms with Crippen LogP contribution in [0.1, 0.15) is 23.9 Å². The first-order valence-corrected chi connectivity index (χ1v) is 6.14. The van der Waals surface area contributed by atoms with Crippen LogP contribution in [0.5, 0.6) is 0 Å². The largest absolute Gasteiger partial charge is 0.252 e. The molecule has 0 bridgehead atoms. The van der Waals surface area contributed by atoms with Crippen molar-refractivity contribution in [3.05, 3.63) is 40.9 Å². The van der Waals surface area contributed by atoms with E-state index in [4.69, 9.17) is 0 Å². The first-order valence-electron chi connectivity index (χ1n) is 5.32. The Morgan fingerprint density at radius 2 is 2.07 bits per heavy atom. The van der Waals surface area contributed by atoms with E-state index in [0.29, 0.717) is 0 Å². The molecule has 1 nitrogen and oxygen atoms in total. The Morgan fingerprint density at radius 3 is 2.80 bits per heavy atom. The van der Waals surface area contributed by atoms with E-state index in [-0.39, 0.29) is 0 Å². The number of rotatable bonds is 3. The van der Waals surface area contributed by atoms with Gasteiger partial charge < -0.3 is 0 Å². The van der Waals surface area contributed by atoms with Gasteiger partial charge >= 0.3 is 0 Å². The topological polar surface area (TPSA) is 12.9 Å². The highest BCUT2D eigenvalue weighted by Crippen LogP contribution is 2.27. The summed E-state index contributed by atoms with van der Waals surface area (Å²) >= 11 is 1.86. The highest BCUT2D eigenvalue weighted by Gasteiger charge is 2.03. The van der Waals surface area contributed by atoms with Crippen LogP contribution in [-0.2, 0) is 6.42 Å². The Balaban J connectivity index is 2.29. The van der Waals surface area contributed by atoms with Crippen LogP contribution in [0.4, 0.5) is 0 Å². The summed E-state index contributed by atoms with van der Waals surface area (Å²) in [6.45, 7) is 4.24. The van der Waals surface area contributed by atoms with E-state index in [0.717, 1.165) is 11.4 Å². The van der Waals surface area contributed by atoms with Crippen LogP contribution in [0, 0.1) is 6.92 Å². The van der Waals surface area contributed by atoms with Crippen LogP contribution < -0.4 is 0 Å². The molecule has 0 aromatic carbocycles. The highest BCUT2D eigenvalue weighted by atomic mass is 32.1. The maximum atomic E-state index is 4.53. The quantitative estimate of drug-likeness (QED) is 0.755. The molecule has 2 aromatic heterocycles. The molecule has 2 aromatic rings. The lowest BCUT2D eigenvalue weighted by Crippen LogP contribution is -1.82. The Kier molecular flexibility index (Phi) is 3.17. The van der Waals surface area contributed by atoms with E-state index in [2.05, 4.69) is 36.2 Å². The van der Waals surface area contributed by atoms with Crippen molar-refractivity contribution in [2.75, 3.05) is 0 Å². The van der Waals surface area contributed by atoms with Crippen LogP contribution >= 0.6 is 11.3 Å². The Hall–Kier alpha value is -1.15. The average molecular weight is 217 g/mol. The fourth-order valence-electron chi connectivity index (χ4n) is 1.58. The van der Waals surface area contributed by atoms with Crippen molar-refractivity contribution in [3.8, 4) is 10.6 Å². The summed E-state index contributed by atoms with van der Waals surface area (Å²) < 4.78 is 0. The Labute approximate surface area is 94.8 Å². The van der Waals surface area contributed by atoms with Crippen molar-refractivity contribution in [1.29, 1.82) is 0 Å². The molecule has 15 heavy (non-hydrogen) atoms. The minimum Gasteiger partial charge on any atom is -0.252 e. The van der Waals surface area contributed by atoms with Gasteiger partial charge in [0.05, 0.1) is 10.6 Å². The maximum Gasteiger partial charge on any atom is 0.0804 e. The fourth-order valence-corrected chi connectivity index (χ4v) is 2.66. The standard InChI is InChI=1S/C13H15NS/c1-3-5-11-8-9-13(15-11)12-7-4-6-10(2)14-12/h4,6-9H,3,5H2,1-2H3. The first kappa shape index (κ1) is 10.4. The minimum absolute atomic E-state index is 1.08. The van der Waals surface area contributed by atoms with Crippen molar-refractivity contribution in [2.45, 2.75) is 26.7 Å². The second kappa shape index (κ2) is 4.58. The summed E-state index contributed by atoms with van der Waals surface area (Å²) in [4.78, 5) is 7.26. The van der Waals surface area contributed by atoms with Crippen LogP contribution in [0.2, 0.25) is 0 Å². The fraction of sp³-hybridized carbons (Fsp3) is 0.308. The molecule has 0 fully saturated rings. The van der Waals surface area contributed by atoms with Gasteiger partial charge in [0.25, 0.3) is 0 Å². The van der Waals surface area contributed by atoms with Gasteiger partial charge in [0, 0.05) is 10.6 Å². The predicted octanol–water partition coefficient (Wildman–Crippen LogP) is 4.07. The van der Waals surface area contributed by atoms with Crippen molar-refractivity contribution < 1.29 is 0 Å². The molecule has 0 spiro atoms. The van der Waals surface area contributed by atoms with E-state index < -0.39 is 0 Å². The SMILES string of the molecule is CCCc1ccc(-c2cccc(C)n2)s1. The maximum absolute atomic E-state index is 4.53. The molecule has 2 heterocycles. The molecule has 78 valence electrons. The van der Waals surface area contributed by atoms with Crippen LogP contribution in [0.3, 0.4) is 0 Å². The van der Waals surface area contributed by atoms with Crippen LogP contribution in [-0.4, -0.2) is 4.98 Å². The second-order valence-electron chi connectivity index (χ2n) is 3.68.